The van der Waals surface area contributed by atoms with E-state index in [2.05, 4.69) is 6.92 Å². The molecule has 2 N–H and O–H groups in total. The fourth-order valence-electron chi connectivity index (χ4n) is 2.46. The summed E-state index contributed by atoms with van der Waals surface area (Å²) in [6, 6.07) is 3.74. The second-order valence-electron chi connectivity index (χ2n) is 4.68. The van der Waals surface area contributed by atoms with E-state index >= 15 is 0 Å². The molecular formula is C13H20N2O2. The van der Waals surface area contributed by atoms with Crippen molar-refractivity contribution in [2.45, 2.75) is 45.2 Å². The molecule has 17 heavy (non-hydrogen) atoms. The molecule has 0 aromatic carbocycles. The molecule has 4 heteroatoms. The van der Waals surface area contributed by atoms with E-state index in [0.717, 1.165) is 30.9 Å². The van der Waals surface area contributed by atoms with E-state index in [0.29, 0.717) is 6.42 Å². The lowest BCUT2D eigenvalue weighted by Crippen LogP contribution is -2.48. The van der Waals surface area contributed by atoms with Gasteiger partial charge in [0.15, 0.2) is 0 Å². The number of hydrogen-bond donors (Lipinski definition) is 1. The van der Waals surface area contributed by atoms with Gasteiger partial charge in [-0.05, 0) is 31.9 Å². The molecule has 0 bridgehead atoms. The normalized spacial score (nSPS) is 25.4. The standard InChI is InChI=1S/C13H20N2O2/c1-3-8-15-12(16)7-5-10(14)13(15)11-6-4-9(2)17-11/h4,6,10,13H,3,5,7-8,14H2,1-2H3. The van der Waals surface area contributed by atoms with Crippen molar-refractivity contribution in [2.75, 3.05) is 6.54 Å². The third kappa shape index (κ3) is 2.36. The highest BCUT2D eigenvalue weighted by Crippen LogP contribution is 2.31. The van der Waals surface area contributed by atoms with E-state index in [1.165, 1.54) is 0 Å². The van der Waals surface area contributed by atoms with Crippen LogP contribution in [-0.2, 0) is 4.79 Å². The minimum absolute atomic E-state index is 0.0233. The third-order valence-corrected chi connectivity index (χ3v) is 3.27. The van der Waals surface area contributed by atoms with Crippen molar-refractivity contribution in [3.05, 3.63) is 23.7 Å². The molecule has 0 saturated carbocycles. The van der Waals surface area contributed by atoms with Crippen LogP contribution in [0, 0.1) is 6.92 Å². The van der Waals surface area contributed by atoms with E-state index in [1.54, 1.807) is 0 Å². The second kappa shape index (κ2) is 4.92. The van der Waals surface area contributed by atoms with Crippen LogP contribution in [0.15, 0.2) is 16.5 Å². The van der Waals surface area contributed by atoms with Gasteiger partial charge in [0.2, 0.25) is 5.91 Å². The molecule has 0 spiro atoms. The maximum atomic E-state index is 11.9. The molecule has 1 aliphatic heterocycles. The molecular weight excluding hydrogens is 216 g/mol. The van der Waals surface area contributed by atoms with Crippen molar-refractivity contribution in [1.29, 1.82) is 0 Å². The highest BCUT2D eigenvalue weighted by molar-refractivity contribution is 5.77. The van der Waals surface area contributed by atoms with Crippen LogP contribution < -0.4 is 5.73 Å². The molecule has 2 atom stereocenters. The van der Waals surface area contributed by atoms with Crippen LogP contribution in [0.1, 0.15) is 43.7 Å². The number of likely N-dealkylation sites (tertiary alicyclic amines) is 1. The van der Waals surface area contributed by atoms with Gasteiger partial charge in [0.05, 0.1) is 0 Å². The first-order valence-corrected chi connectivity index (χ1v) is 6.25. The minimum atomic E-state index is -0.0927. The third-order valence-electron chi connectivity index (χ3n) is 3.27. The molecule has 0 radical (unpaired) electrons. The molecule has 2 rings (SSSR count). The van der Waals surface area contributed by atoms with Crippen LogP contribution in [-0.4, -0.2) is 23.4 Å². The van der Waals surface area contributed by atoms with Gasteiger partial charge < -0.3 is 15.1 Å². The smallest absolute Gasteiger partial charge is 0.223 e. The summed E-state index contributed by atoms with van der Waals surface area (Å²) < 4.78 is 5.64. The first-order valence-electron chi connectivity index (χ1n) is 6.25. The Bertz CT molecular complexity index is 400. The summed E-state index contributed by atoms with van der Waals surface area (Å²) >= 11 is 0. The summed E-state index contributed by atoms with van der Waals surface area (Å²) in [5.74, 6) is 1.87. The van der Waals surface area contributed by atoms with Crippen molar-refractivity contribution < 1.29 is 9.21 Å². The van der Waals surface area contributed by atoms with E-state index < -0.39 is 0 Å². The number of hydrogen-bond acceptors (Lipinski definition) is 3. The number of piperidine rings is 1. The van der Waals surface area contributed by atoms with E-state index in [-0.39, 0.29) is 18.0 Å². The molecule has 1 aliphatic rings. The van der Waals surface area contributed by atoms with Gasteiger partial charge in [-0.3, -0.25) is 4.79 Å². The Kier molecular flexibility index (Phi) is 3.52. The van der Waals surface area contributed by atoms with Gasteiger partial charge in [-0.25, -0.2) is 0 Å². The first kappa shape index (κ1) is 12.2. The minimum Gasteiger partial charge on any atom is -0.464 e. The van der Waals surface area contributed by atoms with Gasteiger partial charge in [-0.1, -0.05) is 6.92 Å². The Morgan fingerprint density at radius 1 is 1.53 bits per heavy atom. The van der Waals surface area contributed by atoms with Gasteiger partial charge in [0.1, 0.15) is 17.6 Å². The predicted octanol–water partition coefficient (Wildman–Crippen LogP) is 1.99. The average molecular weight is 236 g/mol. The van der Waals surface area contributed by atoms with Crippen LogP contribution in [0.25, 0.3) is 0 Å². The molecule has 1 fully saturated rings. The summed E-state index contributed by atoms with van der Waals surface area (Å²) in [5.41, 5.74) is 6.15. The highest BCUT2D eigenvalue weighted by Gasteiger charge is 2.36. The zero-order valence-corrected chi connectivity index (χ0v) is 10.5. The Morgan fingerprint density at radius 2 is 2.29 bits per heavy atom. The average Bonchev–Trinajstić information content (AvgIpc) is 2.70. The Hall–Kier alpha value is -1.29. The summed E-state index contributed by atoms with van der Waals surface area (Å²) in [6.07, 6.45) is 2.23. The number of carbonyl (C=O) groups excluding carboxylic acids is 1. The molecule has 1 saturated heterocycles. The number of rotatable bonds is 3. The van der Waals surface area contributed by atoms with E-state index in [9.17, 15) is 4.79 Å². The van der Waals surface area contributed by atoms with E-state index in [4.69, 9.17) is 10.2 Å². The van der Waals surface area contributed by atoms with Crippen molar-refractivity contribution in [1.82, 2.24) is 4.90 Å². The summed E-state index contributed by atoms with van der Waals surface area (Å²) in [7, 11) is 0. The van der Waals surface area contributed by atoms with Gasteiger partial charge in [0, 0.05) is 19.0 Å². The number of nitrogens with two attached hydrogens (primary N) is 1. The zero-order chi connectivity index (χ0) is 12.4. The fourth-order valence-corrected chi connectivity index (χ4v) is 2.46. The van der Waals surface area contributed by atoms with Crippen molar-refractivity contribution in [2.24, 2.45) is 5.73 Å². The van der Waals surface area contributed by atoms with E-state index in [1.807, 2.05) is 24.0 Å². The van der Waals surface area contributed by atoms with Gasteiger partial charge >= 0.3 is 0 Å². The number of nitrogens with zero attached hydrogens (tertiary/aromatic N) is 1. The van der Waals surface area contributed by atoms with Crippen molar-refractivity contribution >= 4 is 5.91 Å². The molecule has 1 amide bonds. The number of amides is 1. The van der Waals surface area contributed by atoms with Crippen molar-refractivity contribution in [3.8, 4) is 0 Å². The maximum absolute atomic E-state index is 11.9. The Labute approximate surface area is 102 Å². The van der Waals surface area contributed by atoms with Crippen LogP contribution >= 0.6 is 0 Å². The topological polar surface area (TPSA) is 59.5 Å². The van der Waals surface area contributed by atoms with Crippen LogP contribution in [0.5, 0.6) is 0 Å². The lowest BCUT2D eigenvalue weighted by atomic mass is 9.94. The van der Waals surface area contributed by atoms with Crippen molar-refractivity contribution in [3.63, 3.8) is 0 Å². The lowest BCUT2D eigenvalue weighted by Gasteiger charge is -2.38. The highest BCUT2D eigenvalue weighted by atomic mass is 16.3. The monoisotopic (exact) mass is 236 g/mol. The van der Waals surface area contributed by atoms with Crippen LogP contribution in [0.2, 0.25) is 0 Å². The second-order valence-corrected chi connectivity index (χ2v) is 4.68. The lowest BCUT2D eigenvalue weighted by molar-refractivity contribution is -0.138. The molecule has 94 valence electrons. The summed E-state index contributed by atoms with van der Waals surface area (Å²) in [4.78, 5) is 13.8. The fraction of sp³-hybridized carbons (Fsp3) is 0.615. The molecule has 0 aliphatic carbocycles. The SMILES string of the molecule is CCCN1C(=O)CCC(N)C1c1ccc(C)o1. The largest absolute Gasteiger partial charge is 0.464 e. The van der Waals surface area contributed by atoms with Gasteiger partial charge in [-0.15, -0.1) is 0 Å². The maximum Gasteiger partial charge on any atom is 0.223 e. The van der Waals surface area contributed by atoms with Crippen LogP contribution in [0.4, 0.5) is 0 Å². The molecule has 2 heterocycles. The zero-order valence-electron chi connectivity index (χ0n) is 10.5. The predicted molar refractivity (Wildman–Crippen MR) is 65.4 cm³/mol. The summed E-state index contributed by atoms with van der Waals surface area (Å²) in [6.45, 7) is 4.72. The Balaban J connectivity index is 2.28. The first-order chi connectivity index (χ1) is 8.13. The molecule has 1 aromatic rings. The number of furan rings is 1. The summed E-state index contributed by atoms with van der Waals surface area (Å²) in [5, 5.41) is 0. The quantitative estimate of drug-likeness (QED) is 0.873. The number of carbonyl (C=O) groups is 1. The molecule has 4 nitrogen and oxygen atoms in total. The number of aryl methyl sites for hydroxylation is 1. The van der Waals surface area contributed by atoms with Crippen LogP contribution in [0.3, 0.4) is 0 Å². The molecule has 2 unspecified atom stereocenters. The van der Waals surface area contributed by atoms with Gasteiger partial charge in [-0.2, -0.15) is 0 Å². The molecule has 1 aromatic heterocycles. The Morgan fingerprint density at radius 3 is 2.88 bits per heavy atom. The van der Waals surface area contributed by atoms with Gasteiger partial charge in [0.25, 0.3) is 0 Å².